The average molecular weight is 256 g/mol. The lowest BCUT2D eigenvalue weighted by Gasteiger charge is -2.09. The van der Waals surface area contributed by atoms with Crippen molar-refractivity contribution in [2.75, 3.05) is 0 Å². The summed E-state index contributed by atoms with van der Waals surface area (Å²) >= 11 is 0. The van der Waals surface area contributed by atoms with Crippen molar-refractivity contribution in [2.24, 2.45) is 5.73 Å². The van der Waals surface area contributed by atoms with Crippen molar-refractivity contribution in [3.63, 3.8) is 0 Å². The van der Waals surface area contributed by atoms with Gasteiger partial charge in [0.15, 0.2) is 0 Å². The van der Waals surface area contributed by atoms with E-state index in [-0.39, 0.29) is 6.04 Å². The highest BCUT2D eigenvalue weighted by Gasteiger charge is 2.25. The van der Waals surface area contributed by atoms with Gasteiger partial charge in [0.1, 0.15) is 0 Å². The molecule has 0 aliphatic heterocycles. The summed E-state index contributed by atoms with van der Waals surface area (Å²) in [6, 6.07) is 4.45. The Balaban J connectivity index is 1.81. The van der Waals surface area contributed by atoms with Gasteiger partial charge in [0.25, 0.3) is 0 Å². The van der Waals surface area contributed by atoms with Crippen LogP contribution in [0.25, 0.3) is 5.69 Å². The summed E-state index contributed by atoms with van der Waals surface area (Å²) in [6.07, 6.45) is 10.2. The summed E-state index contributed by atoms with van der Waals surface area (Å²) in [4.78, 5) is 4.30. The zero-order valence-corrected chi connectivity index (χ0v) is 11.3. The molecular formula is C15H20N4. The minimum absolute atomic E-state index is 0.205. The molecule has 0 amide bonds. The molecule has 1 aliphatic carbocycles. The molecule has 100 valence electrons. The van der Waals surface area contributed by atoms with Gasteiger partial charge in [-0.05, 0) is 43.4 Å². The van der Waals surface area contributed by atoms with Crippen LogP contribution in [0.1, 0.15) is 43.4 Å². The molecule has 19 heavy (non-hydrogen) atoms. The minimum atomic E-state index is 0.205. The van der Waals surface area contributed by atoms with E-state index in [4.69, 9.17) is 5.73 Å². The Morgan fingerprint density at radius 1 is 1.42 bits per heavy atom. The number of pyridine rings is 1. The average Bonchev–Trinajstić information content (AvgIpc) is 3.16. The maximum Gasteiger partial charge on any atom is 0.0831 e. The normalized spacial score (nSPS) is 16.5. The SMILES string of the molecule is CCC(N)Cc1cncc(-n2ccc(C3CC3)n2)c1. The van der Waals surface area contributed by atoms with E-state index in [1.165, 1.54) is 24.1 Å². The second kappa shape index (κ2) is 5.13. The molecule has 3 rings (SSSR count). The maximum atomic E-state index is 6.00. The summed E-state index contributed by atoms with van der Waals surface area (Å²) in [6.45, 7) is 2.11. The molecule has 4 heteroatoms. The molecule has 1 saturated carbocycles. The van der Waals surface area contributed by atoms with Crippen molar-refractivity contribution in [3.8, 4) is 5.69 Å². The van der Waals surface area contributed by atoms with Crippen LogP contribution in [0.5, 0.6) is 0 Å². The molecule has 0 aromatic carbocycles. The number of nitrogens with zero attached hydrogens (tertiary/aromatic N) is 3. The van der Waals surface area contributed by atoms with Gasteiger partial charge in [0.2, 0.25) is 0 Å². The van der Waals surface area contributed by atoms with Gasteiger partial charge in [-0.15, -0.1) is 0 Å². The smallest absolute Gasteiger partial charge is 0.0831 e. The van der Waals surface area contributed by atoms with Crippen LogP contribution < -0.4 is 5.73 Å². The van der Waals surface area contributed by atoms with Crippen LogP contribution in [-0.4, -0.2) is 20.8 Å². The molecule has 0 bridgehead atoms. The number of aromatic nitrogens is 3. The van der Waals surface area contributed by atoms with Gasteiger partial charge in [-0.1, -0.05) is 6.92 Å². The van der Waals surface area contributed by atoms with Crippen LogP contribution in [0.2, 0.25) is 0 Å². The number of hydrogen-bond acceptors (Lipinski definition) is 3. The van der Waals surface area contributed by atoms with Gasteiger partial charge in [0, 0.05) is 24.4 Å². The lowest BCUT2D eigenvalue weighted by Crippen LogP contribution is -2.21. The second-order valence-corrected chi connectivity index (χ2v) is 5.38. The number of rotatable bonds is 5. The summed E-state index contributed by atoms with van der Waals surface area (Å²) < 4.78 is 1.92. The van der Waals surface area contributed by atoms with Gasteiger partial charge >= 0.3 is 0 Å². The van der Waals surface area contributed by atoms with Crippen LogP contribution in [-0.2, 0) is 6.42 Å². The van der Waals surface area contributed by atoms with E-state index in [2.05, 4.69) is 29.1 Å². The van der Waals surface area contributed by atoms with Crippen molar-refractivity contribution in [3.05, 3.63) is 42.0 Å². The first-order chi connectivity index (χ1) is 9.26. The summed E-state index contributed by atoms with van der Waals surface area (Å²) in [7, 11) is 0. The minimum Gasteiger partial charge on any atom is -0.327 e. The maximum absolute atomic E-state index is 6.00. The quantitative estimate of drug-likeness (QED) is 0.893. The molecule has 0 spiro atoms. The Morgan fingerprint density at radius 3 is 3.00 bits per heavy atom. The van der Waals surface area contributed by atoms with Crippen LogP contribution in [0.4, 0.5) is 0 Å². The molecule has 1 unspecified atom stereocenters. The van der Waals surface area contributed by atoms with Gasteiger partial charge in [-0.3, -0.25) is 4.98 Å². The van der Waals surface area contributed by atoms with Gasteiger partial charge in [-0.25, -0.2) is 4.68 Å². The van der Waals surface area contributed by atoms with Crippen molar-refractivity contribution in [1.82, 2.24) is 14.8 Å². The third-order valence-corrected chi connectivity index (χ3v) is 3.67. The third kappa shape index (κ3) is 2.84. The Kier molecular flexibility index (Phi) is 3.34. The zero-order valence-electron chi connectivity index (χ0n) is 11.3. The van der Waals surface area contributed by atoms with Crippen molar-refractivity contribution < 1.29 is 0 Å². The monoisotopic (exact) mass is 256 g/mol. The van der Waals surface area contributed by atoms with Crippen molar-refractivity contribution in [2.45, 2.75) is 44.6 Å². The first-order valence-electron chi connectivity index (χ1n) is 7.01. The van der Waals surface area contributed by atoms with E-state index in [0.717, 1.165) is 18.5 Å². The molecule has 2 aromatic heterocycles. The predicted octanol–water partition coefficient (Wildman–Crippen LogP) is 2.42. The predicted molar refractivity (Wildman–Crippen MR) is 75.3 cm³/mol. The molecule has 0 radical (unpaired) electrons. The number of hydrogen-bond donors (Lipinski definition) is 1. The fraction of sp³-hybridized carbons (Fsp3) is 0.467. The van der Waals surface area contributed by atoms with E-state index in [1.54, 1.807) is 0 Å². The van der Waals surface area contributed by atoms with Gasteiger partial charge in [0.05, 0.1) is 17.6 Å². The van der Waals surface area contributed by atoms with Crippen LogP contribution in [0, 0.1) is 0 Å². The van der Waals surface area contributed by atoms with Crippen molar-refractivity contribution >= 4 is 0 Å². The Labute approximate surface area is 113 Å². The lowest BCUT2D eigenvalue weighted by molar-refractivity contribution is 0.644. The van der Waals surface area contributed by atoms with Crippen molar-refractivity contribution in [1.29, 1.82) is 0 Å². The van der Waals surface area contributed by atoms with Gasteiger partial charge < -0.3 is 5.73 Å². The highest BCUT2D eigenvalue weighted by Crippen LogP contribution is 2.38. The van der Waals surface area contributed by atoms with E-state index in [9.17, 15) is 0 Å². The fourth-order valence-electron chi connectivity index (χ4n) is 2.24. The molecule has 1 fully saturated rings. The Hall–Kier alpha value is -1.68. The van der Waals surface area contributed by atoms with E-state index >= 15 is 0 Å². The van der Waals surface area contributed by atoms with E-state index in [0.29, 0.717) is 5.92 Å². The number of nitrogens with two attached hydrogens (primary N) is 1. The Bertz CT molecular complexity index is 557. The third-order valence-electron chi connectivity index (χ3n) is 3.67. The zero-order chi connectivity index (χ0) is 13.2. The summed E-state index contributed by atoms with van der Waals surface area (Å²) in [5, 5.41) is 4.63. The molecular weight excluding hydrogens is 236 g/mol. The second-order valence-electron chi connectivity index (χ2n) is 5.38. The fourth-order valence-corrected chi connectivity index (χ4v) is 2.24. The van der Waals surface area contributed by atoms with Gasteiger partial charge in [-0.2, -0.15) is 5.10 Å². The van der Waals surface area contributed by atoms with Crippen LogP contribution >= 0.6 is 0 Å². The molecule has 2 heterocycles. The largest absolute Gasteiger partial charge is 0.327 e. The first kappa shape index (κ1) is 12.4. The lowest BCUT2D eigenvalue weighted by atomic mass is 10.1. The highest BCUT2D eigenvalue weighted by atomic mass is 15.3. The molecule has 4 nitrogen and oxygen atoms in total. The van der Waals surface area contributed by atoms with Crippen LogP contribution in [0.3, 0.4) is 0 Å². The molecule has 2 N–H and O–H groups in total. The van der Waals surface area contributed by atoms with E-state index < -0.39 is 0 Å². The summed E-state index contributed by atoms with van der Waals surface area (Å²) in [5.41, 5.74) is 9.40. The standard InChI is InChI=1S/C15H20N4/c1-2-13(16)7-11-8-14(10-17-9-11)19-6-5-15(18-19)12-3-4-12/h5-6,8-10,12-13H,2-4,7,16H2,1H3. The molecule has 1 atom stereocenters. The molecule has 2 aromatic rings. The Morgan fingerprint density at radius 2 is 2.26 bits per heavy atom. The van der Waals surface area contributed by atoms with E-state index in [1.807, 2.05) is 23.3 Å². The molecule has 1 aliphatic rings. The first-order valence-corrected chi connectivity index (χ1v) is 7.01. The summed E-state index contributed by atoms with van der Waals surface area (Å²) in [5.74, 6) is 0.686. The highest BCUT2D eigenvalue weighted by molar-refractivity contribution is 5.32. The van der Waals surface area contributed by atoms with Crippen LogP contribution in [0.15, 0.2) is 30.7 Å². The molecule has 0 saturated heterocycles. The topological polar surface area (TPSA) is 56.7 Å².